The first-order valence-corrected chi connectivity index (χ1v) is 8.10. The average molecular weight is 278 g/mol. The van der Waals surface area contributed by atoms with Crippen LogP contribution in [0, 0.1) is 13.8 Å². The van der Waals surface area contributed by atoms with Crippen LogP contribution in [0.1, 0.15) is 56.6 Å². The van der Waals surface area contributed by atoms with E-state index in [0.717, 1.165) is 19.6 Å². The molecule has 20 heavy (non-hydrogen) atoms. The molecule has 1 N–H and O–H groups in total. The Bertz CT molecular complexity index is 432. The highest BCUT2D eigenvalue weighted by Crippen LogP contribution is 2.29. The summed E-state index contributed by atoms with van der Waals surface area (Å²) in [5, 5.41) is 8.23. The summed E-state index contributed by atoms with van der Waals surface area (Å²) in [4.78, 5) is 2.64. The first-order chi connectivity index (χ1) is 9.60. The van der Waals surface area contributed by atoms with Crippen molar-refractivity contribution in [3.05, 3.63) is 17.0 Å². The fourth-order valence-electron chi connectivity index (χ4n) is 3.75. The van der Waals surface area contributed by atoms with E-state index in [0.29, 0.717) is 12.1 Å². The first-order valence-electron chi connectivity index (χ1n) is 8.10. The van der Waals surface area contributed by atoms with E-state index in [-0.39, 0.29) is 0 Å². The normalized spacial score (nSPS) is 21.4. The van der Waals surface area contributed by atoms with Gasteiger partial charge in [0.2, 0.25) is 0 Å². The smallest absolute Gasteiger partial charge is 0.0644 e. The van der Waals surface area contributed by atoms with Gasteiger partial charge in [-0.3, -0.25) is 9.58 Å². The highest BCUT2D eigenvalue weighted by Gasteiger charge is 2.28. The second-order valence-electron chi connectivity index (χ2n) is 5.91. The molecule has 1 aliphatic rings. The van der Waals surface area contributed by atoms with Gasteiger partial charge in [0.05, 0.1) is 5.69 Å². The van der Waals surface area contributed by atoms with E-state index in [1.54, 1.807) is 0 Å². The van der Waals surface area contributed by atoms with E-state index in [9.17, 15) is 0 Å². The SMILES string of the molecule is CCN(C1CCCNC1)C(C)c1c(C)nn(CC)c1C. The van der Waals surface area contributed by atoms with Crippen LogP contribution in [-0.2, 0) is 6.54 Å². The summed E-state index contributed by atoms with van der Waals surface area (Å²) < 4.78 is 2.13. The molecule has 0 bridgehead atoms. The third-order valence-electron chi connectivity index (χ3n) is 4.76. The summed E-state index contributed by atoms with van der Waals surface area (Å²) in [6.07, 6.45) is 2.60. The minimum atomic E-state index is 0.449. The fourth-order valence-corrected chi connectivity index (χ4v) is 3.75. The Balaban J connectivity index is 2.23. The molecule has 1 aromatic rings. The van der Waals surface area contributed by atoms with Crippen molar-refractivity contribution in [2.24, 2.45) is 0 Å². The molecule has 1 aliphatic heterocycles. The van der Waals surface area contributed by atoms with Crippen LogP contribution in [0.25, 0.3) is 0 Å². The summed E-state index contributed by atoms with van der Waals surface area (Å²) in [6.45, 7) is 15.5. The molecule has 1 saturated heterocycles. The summed E-state index contributed by atoms with van der Waals surface area (Å²) in [6, 6.07) is 1.11. The number of likely N-dealkylation sites (N-methyl/N-ethyl adjacent to an activating group) is 1. The number of rotatable bonds is 5. The quantitative estimate of drug-likeness (QED) is 0.899. The lowest BCUT2D eigenvalue weighted by Crippen LogP contribution is -2.47. The van der Waals surface area contributed by atoms with Gasteiger partial charge in [-0.05, 0) is 53.6 Å². The number of hydrogen-bond donors (Lipinski definition) is 1. The number of nitrogens with zero attached hydrogens (tertiary/aromatic N) is 3. The second kappa shape index (κ2) is 6.72. The van der Waals surface area contributed by atoms with Crippen molar-refractivity contribution in [2.45, 2.75) is 66.1 Å². The molecular weight excluding hydrogens is 248 g/mol. The Kier molecular flexibility index (Phi) is 5.22. The lowest BCUT2D eigenvalue weighted by molar-refractivity contribution is 0.127. The summed E-state index contributed by atoms with van der Waals surface area (Å²) >= 11 is 0. The molecule has 114 valence electrons. The van der Waals surface area contributed by atoms with E-state index in [4.69, 9.17) is 0 Å². The van der Waals surface area contributed by atoms with Gasteiger partial charge >= 0.3 is 0 Å². The zero-order valence-corrected chi connectivity index (χ0v) is 13.7. The van der Waals surface area contributed by atoms with Gasteiger partial charge in [-0.2, -0.15) is 5.10 Å². The van der Waals surface area contributed by atoms with Crippen LogP contribution >= 0.6 is 0 Å². The van der Waals surface area contributed by atoms with Gasteiger partial charge in [-0.1, -0.05) is 6.92 Å². The fraction of sp³-hybridized carbons (Fsp3) is 0.812. The molecule has 2 atom stereocenters. The number of aromatic nitrogens is 2. The summed E-state index contributed by atoms with van der Waals surface area (Å²) in [5.74, 6) is 0. The van der Waals surface area contributed by atoms with Gasteiger partial charge < -0.3 is 5.32 Å². The van der Waals surface area contributed by atoms with E-state index in [1.807, 2.05) is 0 Å². The maximum Gasteiger partial charge on any atom is 0.0644 e. The van der Waals surface area contributed by atoms with E-state index in [2.05, 4.69) is 54.6 Å². The Hall–Kier alpha value is -0.870. The maximum absolute atomic E-state index is 4.69. The zero-order valence-electron chi connectivity index (χ0n) is 13.7. The highest BCUT2D eigenvalue weighted by atomic mass is 15.3. The van der Waals surface area contributed by atoms with Crippen LogP contribution in [0.15, 0.2) is 0 Å². The van der Waals surface area contributed by atoms with Gasteiger partial charge in [-0.15, -0.1) is 0 Å². The van der Waals surface area contributed by atoms with Gasteiger partial charge in [0, 0.05) is 36.4 Å². The summed E-state index contributed by atoms with van der Waals surface area (Å²) in [5.41, 5.74) is 3.96. The van der Waals surface area contributed by atoms with E-state index >= 15 is 0 Å². The lowest BCUT2D eigenvalue weighted by atomic mass is 9.99. The van der Waals surface area contributed by atoms with Crippen molar-refractivity contribution >= 4 is 0 Å². The van der Waals surface area contributed by atoms with Crippen molar-refractivity contribution in [1.82, 2.24) is 20.0 Å². The van der Waals surface area contributed by atoms with E-state index in [1.165, 1.54) is 36.3 Å². The molecule has 0 spiro atoms. The molecule has 2 rings (SSSR count). The van der Waals surface area contributed by atoms with Crippen LogP contribution in [-0.4, -0.2) is 40.4 Å². The lowest BCUT2D eigenvalue weighted by Gasteiger charge is -2.38. The van der Waals surface area contributed by atoms with Crippen LogP contribution in [0.2, 0.25) is 0 Å². The molecule has 1 fully saturated rings. The van der Waals surface area contributed by atoms with Gasteiger partial charge in [-0.25, -0.2) is 0 Å². The van der Waals surface area contributed by atoms with Gasteiger partial charge in [0.15, 0.2) is 0 Å². The highest BCUT2D eigenvalue weighted by molar-refractivity contribution is 5.28. The molecule has 4 nitrogen and oxygen atoms in total. The summed E-state index contributed by atoms with van der Waals surface area (Å²) in [7, 11) is 0. The van der Waals surface area contributed by atoms with E-state index < -0.39 is 0 Å². The van der Waals surface area contributed by atoms with Crippen LogP contribution in [0.4, 0.5) is 0 Å². The molecule has 0 aliphatic carbocycles. The first kappa shape index (κ1) is 15.5. The average Bonchev–Trinajstić information content (AvgIpc) is 2.75. The van der Waals surface area contributed by atoms with Crippen molar-refractivity contribution in [1.29, 1.82) is 0 Å². The van der Waals surface area contributed by atoms with Crippen molar-refractivity contribution in [3.8, 4) is 0 Å². The predicted molar refractivity (Wildman–Crippen MR) is 84.1 cm³/mol. The van der Waals surface area contributed by atoms with Gasteiger partial charge in [0.25, 0.3) is 0 Å². The van der Waals surface area contributed by atoms with Crippen molar-refractivity contribution in [3.63, 3.8) is 0 Å². The number of aryl methyl sites for hydroxylation is 2. The second-order valence-corrected chi connectivity index (χ2v) is 5.91. The largest absolute Gasteiger partial charge is 0.315 e. The number of piperidine rings is 1. The molecule has 4 heteroatoms. The molecule has 1 aromatic heterocycles. The Morgan fingerprint density at radius 2 is 2.15 bits per heavy atom. The number of nitrogens with one attached hydrogen (secondary N) is 1. The molecule has 0 radical (unpaired) electrons. The third-order valence-corrected chi connectivity index (χ3v) is 4.76. The maximum atomic E-state index is 4.69. The molecule has 0 amide bonds. The minimum absolute atomic E-state index is 0.449. The molecular formula is C16H30N4. The molecule has 0 aromatic carbocycles. The van der Waals surface area contributed by atoms with Crippen LogP contribution < -0.4 is 5.32 Å². The van der Waals surface area contributed by atoms with Crippen LogP contribution in [0.5, 0.6) is 0 Å². The topological polar surface area (TPSA) is 33.1 Å². The monoisotopic (exact) mass is 278 g/mol. The number of hydrogen-bond acceptors (Lipinski definition) is 3. The van der Waals surface area contributed by atoms with Crippen molar-refractivity contribution in [2.75, 3.05) is 19.6 Å². The molecule has 2 heterocycles. The minimum Gasteiger partial charge on any atom is -0.315 e. The third kappa shape index (κ3) is 2.91. The molecule has 2 unspecified atom stereocenters. The van der Waals surface area contributed by atoms with Crippen LogP contribution in [0.3, 0.4) is 0 Å². The predicted octanol–water partition coefficient (Wildman–Crippen LogP) is 2.65. The van der Waals surface area contributed by atoms with Gasteiger partial charge in [0.1, 0.15) is 0 Å². The standard InChI is InChI=1S/C16H30N4/c1-6-19(15-9-8-10-17-11-15)13(4)16-12(3)18-20(7-2)14(16)5/h13,15,17H,6-11H2,1-5H3. The zero-order chi connectivity index (χ0) is 14.7. The van der Waals surface area contributed by atoms with Crippen molar-refractivity contribution < 1.29 is 0 Å². The molecule has 0 saturated carbocycles. The Morgan fingerprint density at radius 1 is 1.40 bits per heavy atom. The Morgan fingerprint density at radius 3 is 2.65 bits per heavy atom. The Labute approximate surface area is 123 Å².